The number of rotatable bonds is 4. The maximum atomic E-state index is 13.1. The fraction of sp³-hybridized carbons (Fsp3) is 0.0909. The summed E-state index contributed by atoms with van der Waals surface area (Å²) in [7, 11) is 0. The molecule has 0 fully saturated rings. The fourth-order valence-corrected chi connectivity index (χ4v) is 1.86. The van der Waals surface area contributed by atoms with Crippen molar-refractivity contribution in [3.63, 3.8) is 0 Å². The second-order valence-electron chi connectivity index (χ2n) is 3.48. The highest BCUT2D eigenvalue weighted by atomic mass is 127. The monoisotopic (exact) mass is 362 g/mol. The third-order valence-corrected chi connectivity index (χ3v) is 2.82. The van der Waals surface area contributed by atoms with Crippen molar-refractivity contribution in [2.45, 2.75) is 6.54 Å². The number of nitrogens with one attached hydrogen (secondary N) is 1. The molecule has 0 saturated carbocycles. The Labute approximate surface area is 115 Å². The van der Waals surface area contributed by atoms with Gasteiger partial charge in [0.1, 0.15) is 5.76 Å². The van der Waals surface area contributed by atoms with Crippen LogP contribution in [-0.4, -0.2) is 4.92 Å². The zero-order chi connectivity index (χ0) is 13.1. The highest BCUT2D eigenvalue weighted by Crippen LogP contribution is 2.22. The lowest BCUT2D eigenvalue weighted by molar-refractivity contribution is -0.387. The molecule has 18 heavy (non-hydrogen) atoms. The normalized spacial score (nSPS) is 10.3. The summed E-state index contributed by atoms with van der Waals surface area (Å²) in [6.07, 6.45) is 0. The van der Waals surface area contributed by atoms with Gasteiger partial charge in [-0.1, -0.05) is 0 Å². The Balaban J connectivity index is 2.10. The molecule has 0 aliphatic rings. The quantitative estimate of drug-likeness (QED) is 0.513. The molecule has 1 heterocycles. The molecule has 0 amide bonds. The average molecular weight is 362 g/mol. The molecule has 0 atom stereocenters. The molecule has 1 N–H and O–H groups in total. The van der Waals surface area contributed by atoms with Crippen LogP contribution in [0.3, 0.4) is 0 Å². The van der Waals surface area contributed by atoms with Gasteiger partial charge in [0.15, 0.2) is 3.77 Å². The Hall–Kier alpha value is -1.64. The largest absolute Gasteiger partial charge is 0.454 e. The number of benzene rings is 1. The molecule has 0 aliphatic carbocycles. The van der Waals surface area contributed by atoms with E-state index in [1.807, 2.05) is 28.7 Å². The van der Waals surface area contributed by atoms with Gasteiger partial charge in [-0.25, -0.2) is 0 Å². The molecule has 94 valence electrons. The van der Waals surface area contributed by atoms with E-state index in [1.54, 1.807) is 6.07 Å². The van der Waals surface area contributed by atoms with E-state index in [-0.39, 0.29) is 0 Å². The van der Waals surface area contributed by atoms with Gasteiger partial charge < -0.3 is 9.73 Å². The molecule has 5 nitrogen and oxygen atoms in total. The van der Waals surface area contributed by atoms with Crippen molar-refractivity contribution in [3.05, 3.63) is 55.8 Å². The van der Waals surface area contributed by atoms with Crippen molar-refractivity contribution in [1.82, 2.24) is 0 Å². The summed E-state index contributed by atoms with van der Waals surface area (Å²) in [5.41, 5.74) is -0.0801. The van der Waals surface area contributed by atoms with Gasteiger partial charge in [-0.15, -0.1) is 0 Å². The summed E-state index contributed by atoms with van der Waals surface area (Å²) >= 11 is 2.04. The standard InChI is InChI=1S/C11H8FIN2O3/c12-9-3-1-7(5-10(9)15(16)17)14-6-8-2-4-11(13)18-8/h1-5,14H,6H2. The molecule has 1 aromatic heterocycles. The second-order valence-corrected chi connectivity index (χ2v) is 4.55. The minimum absolute atomic E-state index is 0.381. The van der Waals surface area contributed by atoms with Crippen molar-refractivity contribution in [3.8, 4) is 0 Å². The number of anilines is 1. The predicted octanol–water partition coefficient (Wildman–Crippen LogP) is 3.54. The van der Waals surface area contributed by atoms with Crippen molar-refractivity contribution < 1.29 is 13.7 Å². The summed E-state index contributed by atoms with van der Waals surface area (Å²) in [5.74, 6) is -0.149. The van der Waals surface area contributed by atoms with Crippen LogP contribution in [0.15, 0.2) is 34.7 Å². The second kappa shape index (κ2) is 5.34. The Morgan fingerprint density at radius 2 is 2.17 bits per heavy atom. The lowest BCUT2D eigenvalue weighted by atomic mass is 10.2. The van der Waals surface area contributed by atoms with Crippen LogP contribution < -0.4 is 5.32 Å². The fourth-order valence-electron chi connectivity index (χ4n) is 1.40. The van der Waals surface area contributed by atoms with E-state index in [9.17, 15) is 14.5 Å². The van der Waals surface area contributed by atoms with Gasteiger partial charge in [0.05, 0.1) is 11.5 Å². The minimum Gasteiger partial charge on any atom is -0.454 e. The number of hydrogen-bond donors (Lipinski definition) is 1. The van der Waals surface area contributed by atoms with E-state index in [0.29, 0.717) is 18.0 Å². The van der Waals surface area contributed by atoms with E-state index in [0.717, 1.165) is 15.9 Å². The lowest BCUT2D eigenvalue weighted by Crippen LogP contribution is -2.00. The van der Waals surface area contributed by atoms with Crippen molar-refractivity contribution in [1.29, 1.82) is 0 Å². The van der Waals surface area contributed by atoms with Crippen LogP contribution >= 0.6 is 22.6 Å². The van der Waals surface area contributed by atoms with Gasteiger partial charge >= 0.3 is 5.69 Å². The summed E-state index contributed by atoms with van der Waals surface area (Å²) in [6.45, 7) is 0.381. The van der Waals surface area contributed by atoms with Crippen molar-refractivity contribution in [2.24, 2.45) is 0 Å². The Morgan fingerprint density at radius 1 is 1.39 bits per heavy atom. The van der Waals surface area contributed by atoms with Gasteiger partial charge in [-0.3, -0.25) is 10.1 Å². The van der Waals surface area contributed by atoms with Crippen LogP contribution in [0.25, 0.3) is 0 Å². The molecular weight excluding hydrogens is 354 g/mol. The third kappa shape index (κ3) is 2.97. The molecule has 2 aromatic rings. The molecule has 0 spiro atoms. The van der Waals surface area contributed by atoms with Crippen LogP contribution in [-0.2, 0) is 6.54 Å². The molecule has 0 aliphatic heterocycles. The Bertz CT molecular complexity index is 585. The molecular formula is C11H8FIN2O3. The number of nitrogens with zero attached hydrogens (tertiary/aromatic N) is 1. The number of nitro groups is 1. The maximum absolute atomic E-state index is 13.1. The highest BCUT2D eigenvalue weighted by molar-refractivity contribution is 14.1. The predicted molar refractivity (Wildman–Crippen MR) is 71.8 cm³/mol. The van der Waals surface area contributed by atoms with Gasteiger partial charge in [-0.2, -0.15) is 4.39 Å². The van der Waals surface area contributed by atoms with E-state index in [2.05, 4.69) is 5.32 Å². The Kier molecular flexibility index (Phi) is 3.80. The SMILES string of the molecule is O=[N+]([O-])c1cc(NCc2ccc(I)o2)ccc1F. The summed E-state index contributed by atoms with van der Waals surface area (Å²) in [5, 5.41) is 13.5. The smallest absolute Gasteiger partial charge is 0.306 e. The molecule has 7 heteroatoms. The number of halogens is 2. The molecule has 0 saturated heterocycles. The summed E-state index contributed by atoms with van der Waals surface area (Å²) < 4.78 is 19.2. The van der Waals surface area contributed by atoms with Crippen LogP contribution in [0.2, 0.25) is 0 Å². The Morgan fingerprint density at radius 3 is 2.78 bits per heavy atom. The molecule has 0 unspecified atom stereocenters. The minimum atomic E-state index is -0.849. The average Bonchev–Trinajstić information content (AvgIpc) is 2.74. The van der Waals surface area contributed by atoms with Crippen molar-refractivity contribution >= 4 is 34.0 Å². The van der Waals surface area contributed by atoms with Crippen molar-refractivity contribution in [2.75, 3.05) is 5.32 Å². The highest BCUT2D eigenvalue weighted by Gasteiger charge is 2.14. The summed E-state index contributed by atoms with van der Waals surface area (Å²) in [4.78, 5) is 9.82. The first-order chi connectivity index (χ1) is 8.56. The van der Waals surface area contributed by atoms with E-state index >= 15 is 0 Å². The third-order valence-electron chi connectivity index (χ3n) is 2.24. The molecule has 0 bridgehead atoms. The van der Waals surface area contributed by atoms with Gasteiger partial charge in [-0.05, 0) is 46.9 Å². The molecule has 2 rings (SSSR count). The maximum Gasteiger partial charge on any atom is 0.306 e. The van der Waals surface area contributed by atoms with E-state index in [4.69, 9.17) is 4.42 Å². The number of furan rings is 1. The first-order valence-electron chi connectivity index (χ1n) is 4.98. The van der Waals surface area contributed by atoms with Crippen LogP contribution in [0, 0.1) is 19.7 Å². The van der Waals surface area contributed by atoms with Crippen LogP contribution in [0.5, 0.6) is 0 Å². The first-order valence-corrected chi connectivity index (χ1v) is 6.06. The zero-order valence-corrected chi connectivity index (χ0v) is 11.2. The molecule has 1 aromatic carbocycles. The van der Waals surface area contributed by atoms with Gasteiger partial charge in [0.25, 0.3) is 0 Å². The van der Waals surface area contributed by atoms with Gasteiger partial charge in [0.2, 0.25) is 5.82 Å². The lowest BCUT2D eigenvalue weighted by Gasteiger charge is -2.04. The van der Waals surface area contributed by atoms with Crippen LogP contribution in [0.1, 0.15) is 5.76 Å². The first kappa shape index (κ1) is 12.8. The van der Waals surface area contributed by atoms with Gasteiger partial charge in [0, 0.05) is 11.8 Å². The van der Waals surface area contributed by atoms with E-state index in [1.165, 1.54) is 6.07 Å². The zero-order valence-electron chi connectivity index (χ0n) is 9.02. The summed E-state index contributed by atoms with van der Waals surface area (Å²) in [6, 6.07) is 7.27. The number of hydrogen-bond acceptors (Lipinski definition) is 4. The van der Waals surface area contributed by atoms with E-state index < -0.39 is 16.4 Å². The topological polar surface area (TPSA) is 68.3 Å². The molecule has 0 radical (unpaired) electrons. The van der Waals surface area contributed by atoms with Crippen LogP contribution in [0.4, 0.5) is 15.8 Å². The number of nitro benzene ring substituents is 1.